The molecule has 0 aromatic carbocycles. The van der Waals surface area contributed by atoms with Crippen LogP contribution in [0.15, 0.2) is 0 Å². The van der Waals surface area contributed by atoms with Gasteiger partial charge in [-0.15, -0.1) is 0 Å². The number of hydrogen-bond acceptors (Lipinski definition) is 4. The van der Waals surface area contributed by atoms with Crippen molar-refractivity contribution in [3.63, 3.8) is 0 Å². The van der Waals surface area contributed by atoms with Gasteiger partial charge in [-0.3, -0.25) is 4.79 Å². The van der Waals surface area contributed by atoms with Crippen LogP contribution in [0.2, 0.25) is 0 Å². The number of carbonyl (C=O) groups is 1. The lowest BCUT2D eigenvalue weighted by Crippen LogP contribution is -2.58. The molecule has 8 heteroatoms. The molecule has 2 saturated heterocycles. The molecular formula is C16H30N4O3S. The van der Waals surface area contributed by atoms with Gasteiger partial charge in [0, 0.05) is 58.3 Å². The second-order valence-electron chi connectivity index (χ2n) is 8.20. The van der Waals surface area contributed by atoms with Crippen molar-refractivity contribution in [2.45, 2.75) is 26.7 Å². The molecule has 1 aliphatic carbocycles. The van der Waals surface area contributed by atoms with E-state index >= 15 is 0 Å². The molecule has 0 N–H and O–H groups in total. The molecule has 2 aliphatic heterocycles. The highest BCUT2D eigenvalue weighted by atomic mass is 32.2. The van der Waals surface area contributed by atoms with E-state index in [0.717, 1.165) is 25.9 Å². The van der Waals surface area contributed by atoms with E-state index in [1.165, 1.54) is 0 Å². The van der Waals surface area contributed by atoms with Crippen molar-refractivity contribution in [2.24, 2.45) is 11.3 Å². The second kappa shape index (κ2) is 6.55. The fourth-order valence-corrected chi connectivity index (χ4v) is 5.60. The van der Waals surface area contributed by atoms with Crippen molar-refractivity contribution in [1.29, 1.82) is 0 Å². The molecule has 3 rings (SSSR count). The van der Waals surface area contributed by atoms with Gasteiger partial charge in [0.15, 0.2) is 0 Å². The number of rotatable bonds is 3. The maximum absolute atomic E-state index is 12.7. The highest BCUT2D eigenvalue weighted by Gasteiger charge is 2.43. The Morgan fingerprint density at radius 3 is 1.79 bits per heavy atom. The predicted molar refractivity (Wildman–Crippen MR) is 92.6 cm³/mol. The zero-order chi connectivity index (χ0) is 17.5. The van der Waals surface area contributed by atoms with Crippen LogP contribution in [-0.2, 0) is 15.0 Å². The van der Waals surface area contributed by atoms with Crippen LogP contribution < -0.4 is 0 Å². The van der Waals surface area contributed by atoms with Gasteiger partial charge in [-0.2, -0.15) is 17.0 Å². The highest BCUT2D eigenvalue weighted by molar-refractivity contribution is 7.86. The standard InChI is InChI=1S/C16H30N4O3S/c1-16(2)12-14(13-16)15(21)18-6-10-20(11-7-18)24(22,23)19-8-4-17(3)5-9-19/h14H,4-13H2,1-3H3. The van der Waals surface area contributed by atoms with Gasteiger partial charge in [-0.05, 0) is 25.3 Å². The molecule has 1 saturated carbocycles. The minimum atomic E-state index is -3.39. The van der Waals surface area contributed by atoms with E-state index in [9.17, 15) is 13.2 Å². The highest BCUT2D eigenvalue weighted by Crippen LogP contribution is 2.45. The van der Waals surface area contributed by atoms with E-state index in [1.54, 1.807) is 8.61 Å². The first-order valence-electron chi connectivity index (χ1n) is 8.92. The first kappa shape index (κ1) is 18.1. The molecule has 3 fully saturated rings. The van der Waals surface area contributed by atoms with Gasteiger partial charge in [-0.1, -0.05) is 13.8 Å². The van der Waals surface area contributed by atoms with Gasteiger partial charge >= 0.3 is 0 Å². The summed E-state index contributed by atoms with van der Waals surface area (Å²) in [4.78, 5) is 16.5. The van der Waals surface area contributed by atoms with E-state index in [-0.39, 0.29) is 17.2 Å². The van der Waals surface area contributed by atoms with E-state index in [4.69, 9.17) is 0 Å². The first-order chi connectivity index (χ1) is 11.2. The molecule has 0 radical (unpaired) electrons. The van der Waals surface area contributed by atoms with E-state index in [0.29, 0.717) is 39.3 Å². The fraction of sp³-hybridized carbons (Fsp3) is 0.938. The van der Waals surface area contributed by atoms with Crippen LogP contribution in [0.25, 0.3) is 0 Å². The number of piperazine rings is 2. The molecule has 0 aromatic rings. The van der Waals surface area contributed by atoms with Crippen LogP contribution >= 0.6 is 0 Å². The number of nitrogens with zero attached hydrogens (tertiary/aromatic N) is 4. The topological polar surface area (TPSA) is 64.2 Å². The Morgan fingerprint density at radius 2 is 1.33 bits per heavy atom. The SMILES string of the molecule is CN1CCN(S(=O)(=O)N2CCN(C(=O)C3CC(C)(C)C3)CC2)CC1. The Hall–Kier alpha value is -0.700. The van der Waals surface area contributed by atoms with Crippen molar-refractivity contribution in [2.75, 3.05) is 59.4 Å². The van der Waals surface area contributed by atoms with Gasteiger partial charge in [0.1, 0.15) is 0 Å². The van der Waals surface area contributed by atoms with Crippen LogP contribution in [0.4, 0.5) is 0 Å². The van der Waals surface area contributed by atoms with Gasteiger partial charge < -0.3 is 9.80 Å². The normalized spacial score (nSPS) is 27.9. The zero-order valence-corrected chi connectivity index (χ0v) is 15.9. The van der Waals surface area contributed by atoms with Crippen molar-refractivity contribution in [3.05, 3.63) is 0 Å². The minimum absolute atomic E-state index is 0.140. The molecule has 3 aliphatic rings. The summed E-state index contributed by atoms with van der Waals surface area (Å²) in [6.07, 6.45) is 1.90. The molecular weight excluding hydrogens is 328 g/mol. The van der Waals surface area contributed by atoms with Crippen LogP contribution in [-0.4, -0.2) is 92.1 Å². The quantitative estimate of drug-likeness (QED) is 0.716. The molecule has 0 bridgehead atoms. The number of hydrogen-bond donors (Lipinski definition) is 0. The summed E-state index contributed by atoms with van der Waals surface area (Å²) in [6.45, 7) is 8.89. The van der Waals surface area contributed by atoms with Crippen LogP contribution in [0.5, 0.6) is 0 Å². The molecule has 0 aromatic heterocycles. The van der Waals surface area contributed by atoms with Gasteiger partial charge in [0.05, 0.1) is 0 Å². The largest absolute Gasteiger partial charge is 0.340 e. The Labute approximate surface area is 145 Å². The summed E-state index contributed by atoms with van der Waals surface area (Å²) in [7, 11) is -1.38. The fourth-order valence-electron chi connectivity index (χ4n) is 4.03. The predicted octanol–water partition coefficient (Wildman–Crippen LogP) is 0.0590. The average molecular weight is 359 g/mol. The Balaban J connectivity index is 1.52. The van der Waals surface area contributed by atoms with Gasteiger partial charge in [0.25, 0.3) is 10.2 Å². The monoisotopic (exact) mass is 358 g/mol. The van der Waals surface area contributed by atoms with Gasteiger partial charge in [-0.25, -0.2) is 0 Å². The third-order valence-electron chi connectivity index (χ3n) is 5.61. The number of amides is 1. The average Bonchev–Trinajstić information content (AvgIpc) is 2.52. The summed E-state index contributed by atoms with van der Waals surface area (Å²) in [5.74, 6) is 0.353. The molecule has 138 valence electrons. The molecule has 24 heavy (non-hydrogen) atoms. The molecule has 0 spiro atoms. The Kier molecular flexibility index (Phi) is 4.94. The minimum Gasteiger partial charge on any atom is -0.340 e. The van der Waals surface area contributed by atoms with Crippen LogP contribution in [0, 0.1) is 11.3 Å². The maximum atomic E-state index is 12.7. The summed E-state index contributed by atoms with van der Waals surface area (Å²) < 4.78 is 28.6. The third-order valence-corrected chi connectivity index (χ3v) is 7.65. The molecule has 0 unspecified atom stereocenters. The van der Waals surface area contributed by atoms with E-state index < -0.39 is 10.2 Å². The van der Waals surface area contributed by atoms with Crippen LogP contribution in [0.3, 0.4) is 0 Å². The van der Waals surface area contributed by atoms with Crippen molar-refractivity contribution in [1.82, 2.24) is 18.4 Å². The molecule has 0 atom stereocenters. The number of carbonyl (C=O) groups excluding carboxylic acids is 1. The lowest BCUT2D eigenvalue weighted by molar-refractivity contribution is -0.143. The van der Waals surface area contributed by atoms with Crippen molar-refractivity contribution < 1.29 is 13.2 Å². The molecule has 1 amide bonds. The summed E-state index contributed by atoms with van der Waals surface area (Å²) in [5, 5.41) is 0. The lowest BCUT2D eigenvalue weighted by Gasteiger charge is -2.45. The van der Waals surface area contributed by atoms with Gasteiger partial charge in [0.2, 0.25) is 5.91 Å². The molecule has 2 heterocycles. The van der Waals surface area contributed by atoms with E-state index in [2.05, 4.69) is 18.7 Å². The van der Waals surface area contributed by atoms with Crippen LogP contribution in [0.1, 0.15) is 26.7 Å². The third kappa shape index (κ3) is 3.61. The first-order valence-corrected chi connectivity index (χ1v) is 10.3. The van der Waals surface area contributed by atoms with Crippen molar-refractivity contribution in [3.8, 4) is 0 Å². The molecule has 7 nitrogen and oxygen atoms in total. The summed E-state index contributed by atoms with van der Waals surface area (Å²) in [5.41, 5.74) is 0.285. The Bertz CT molecular complexity index is 568. The van der Waals surface area contributed by atoms with E-state index in [1.807, 2.05) is 11.9 Å². The maximum Gasteiger partial charge on any atom is 0.282 e. The lowest BCUT2D eigenvalue weighted by atomic mass is 9.64. The second-order valence-corrected chi connectivity index (χ2v) is 10.1. The summed E-state index contributed by atoms with van der Waals surface area (Å²) >= 11 is 0. The summed E-state index contributed by atoms with van der Waals surface area (Å²) in [6, 6.07) is 0. The Morgan fingerprint density at radius 1 is 0.875 bits per heavy atom. The smallest absolute Gasteiger partial charge is 0.282 e. The number of likely N-dealkylation sites (N-methyl/N-ethyl adjacent to an activating group) is 1. The van der Waals surface area contributed by atoms with Crippen molar-refractivity contribution >= 4 is 16.1 Å². The zero-order valence-electron chi connectivity index (χ0n) is 15.1.